The van der Waals surface area contributed by atoms with Crippen LogP contribution in [0.25, 0.3) is 21.6 Å². The van der Waals surface area contributed by atoms with E-state index < -0.39 is 0 Å². The van der Waals surface area contributed by atoms with Crippen molar-refractivity contribution in [3.05, 3.63) is 35.0 Å². The molecular weight excluding hydrogens is 330 g/mol. The lowest BCUT2D eigenvalue weighted by Gasteiger charge is -2.12. The molecule has 25 heavy (non-hydrogen) atoms. The van der Waals surface area contributed by atoms with Crippen molar-refractivity contribution in [3.8, 4) is 11.4 Å². The van der Waals surface area contributed by atoms with Gasteiger partial charge in [0.2, 0.25) is 0 Å². The zero-order valence-corrected chi connectivity index (χ0v) is 15.3. The Morgan fingerprint density at radius 2 is 1.96 bits per heavy atom. The first-order valence-electron chi connectivity index (χ1n) is 8.94. The van der Waals surface area contributed by atoms with Gasteiger partial charge in [0.05, 0.1) is 5.39 Å². The summed E-state index contributed by atoms with van der Waals surface area (Å²) in [6, 6.07) is 3.98. The number of hydrogen-bond acceptors (Lipinski definition) is 6. The lowest BCUT2D eigenvalue weighted by atomic mass is 10.1. The molecule has 3 aromatic rings. The van der Waals surface area contributed by atoms with E-state index in [1.807, 2.05) is 30.4 Å². The lowest BCUT2D eigenvalue weighted by molar-refractivity contribution is 0.713. The van der Waals surface area contributed by atoms with Gasteiger partial charge in [0.25, 0.3) is 0 Å². The van der Waals surface area contributed by atoms with Gasteiger partial charge in [0.15, 0.2) is 5.82 Å². The van der Waals surface area contributed by atoms with Gasteiger partial charge in [-0.05, 0) is 50.3 Å². The SMILES string of the molecule is C[C@H](N)CNc1nc(-c2ccncc2)nc2sc3c(c12)CCCCC3. The molecule has 1 aliphatic carbocycles. The van der Waals surface area contributed by atoms with E-state index in [1.54, 1.807) is 12.4 Å². The molecule has 0 fully saturated rings. The third kappa shape index (κ3) is 3.37. The smallest absolute Gasteiger partial charge is 0.163 e. The molecule has 0 radical (unpaired) electrons. The van der Waals surface area contributed by atoms with E-state index in [9.17, 15) is 0 Å². The van der Waals surface area contributed by atoms with E-state index in [1.165, 1.54) is 35.1 Å². The first-order chi connectivity index (χ1) is 12.2. The second-order valence-electron chi connectivity index (χ2n) is 6.73. The molecule has 0 unspecified atom stereocenters. The first-order valence-corrected chi connectivity index (χ1v) is 9.76. The fourth-order valence-electron chi connectivity index (χ4n) is 3.35. The van der Waals surface area contributed by atoms with Crippen molar-refractivity contribution in [2.45, 2.75) is 45.1 Å². The number of anilines is 1. The fourth-order valence-corrected chi connectivity index (χ4v) is 4.61. The highest BCUT2D eigenvalue weighted by Crippen LogP contribution is 2.39. The topological polar surface area (TPSA) is 76.7 Å². The third-order valence-electron chi connectivity index (χ3n) is 4.59. The molecule has 0 aliphatic heterocycles. The van der Waals surface area contributed by atoms with Crippen molar-refractivity contribution < 1.29 is 0 Å². The van der Waals surface area contributed by atoms with Crippen LogP contribution in [-0.4, -0.2) is 27.5 Å². The van der Waals surface area contributed by atoms with Crippen molar-refractivity contribution in [1.82, 2.24) is 15.0 Å². The van der Waals surface area contributed by atoms with E-state index in [2.05, 4.69) is 10.3 Å². The van der Waals surface area contributed by atoms with Gasteiger partial charge >= 0.3 is 0 Å². The predicted octanol–water partition coefficient (Wildman–Crippen LogP) is 3.78. The molecule has 1 aliphatic rings. The molecule has 3 N–H and O–H groups in total. The van der Waals surface area contributed by atoms with Crippen LogP contribution in [0.15, 0.2) is 24.5 Å². The normalized spacial score (nSPS) is 15.6. The highest BCUT2D eigenvalue weighted by atomic mass is 32.1. The van der Waals surface area contributed by atoms with Crippen LogP contribution in [-0.2, 0) is 12.8 Å². The number of nitrogens with two attached hydrogens (primary N) is 1. The molecule has 6 heteroatoms. The Hall–Kier alpha value is -2.05. The Morgan fingerprint density at radius 1 is 1.16 bits per heavy atom. The summed E-state index contributed by atoms with van der Waals surface area (Å²) in [7, 11) is 0. The summed E-state index contributed by atoms with van der Waals surface area (Å²) in [6.07, 6.45) is 9.67. The summed E-state index contributed by atoms with van der Waals surface area (Å²) in [5, 5.41) is 4.68. The molecule has 3 heterocycles. The summed E-state index contributed by atoms with van der Waals surface area (Å²) >= 11 is 1.83. The quantitative estimate of drug-likeness (QED) is 0.698. The fraction of sp³-hybridized carbons (Fsp3) is 0.421. The van der Waals surface area contributed by atoms with Crippen LogP contribution in [0.5, 0.6) is 0 Å². The molecule has 4 rings (SSSR count). The summed E-state index contributed by atoms with van der Waals surface area (Å²) in [6.45, 7) is 2.70. The molecule has 0 spiro atoms. The Bertz CT molecular complexity index is 872. The zero-order valence-electron chi connectivity index (χ0n) is 14.5. The summed E-state index contributed by atoms with van der Waals surface area (Å²) in [5.41, 5.74) is 8.40. The maximum Gasteiger partial charge on any atom is 0.163 e. The molecule has 130 valence electrons. The number of fused-ring (bicyclic) bond motifs is 3. The Morgan fingerprint density at radius 3 is 2.76 bits per heavy atom. The van der Waals surface area contributed by atoms with E-state index in [0.717, 1.165) is 34.9 Å². The van der Waals surface area contributed by atoms with Crippen LogP contribution in [0.3, 0.4) is 0 Å². The monoisotopic (exact) mass is 353 g/mol. The standard InChI is InChI=1S/C19H23N5S/c1-12(20)11-22-18-16-14-5-3-2-4-6-15(14)25-19(16)24-17(23-18)13-7-9-21-10-8-13/h7-10,12H,2-6,11,20H2,1H3,(H,22,23,24)/t12-/m0/s1. The van der Waals surface area contributed by atoms with Crippen molar-refractivity contribution in [2.75, 3.05) is 11.9 Å². The number of hydrogen-bond donors (Lipinski definition) is 2. The number of thiophene rings is 1. The van der Waals surface area contributed by atoms with E-state index in [4.69, 9.17) is 15.7 Å². The summed E-state index contributed by atoms with van der Waals surface area (Å²) in [4.78, 5) is 16.4. The molecule has 0 bridgehead atoms. The van der Waals surface area contributed by atoms with Crippen LogP contribution in [0.1, 0.15) is 36.6 Å². The van der Waals surface area contributed by atoms with Crippen molar-refractivity contribution in [1.29, 1.82) is 0 Å². The molecule has 0 saturated carbocycles. The van der Waals surface area contributed by atoms with Gasteiger partial charge < -0.3 is 11.1 Å². The number of pyridine rings is 1. The summed E-state index contributed by atoms with van der Waals surface area (Å²) < 4.78 is 0. The van der Waals surface area contributed by atoms with Crippen LogP contribution in [0, 0.1) is 0 Å². The molecule has 0 aromatic carbocycles. The summed E-state index contributed by atoms with van der Waals surface area (Å²) in [5.74, 6) is 1.67. The Balaban J connectivity index is 1.87. The lowest BCUT2D eigenvalue weighted by Crippen LogP contribution is -2.25. The van der Waals surface area contributed by atoms with Gasteiger partial charge in [-0.1, -0.05) is 6.42 Å². The molecule has 3 aromatic heterocycles. The van der Waals surface area contributed by atoms with Gasteiger partial charge in [-0.25, -0.2) is 9.97 Å². The van der Waals surface area contributed by atoms with Crippen molar-refractivity contribution >= 4 is 27.4 Å². The number of rotatable bonds is 4. The number of aromatic nitrogens is 3. The minimum Gasteiger partial charge on any atom is -0.368 e. The van der Waals surface area contributed by atoms with Crippen LogP contribution in [0.2, 0.25) is 0 Å². The Labute approximate surface area is 151 Å². The second kappa shape index (κ2) is 7.06. The van der Waals surface area contributed by atoms with Crippen molar-refractivity contribution in [2.24, 2.45) is 5.73 Å². The Kier molecular flexibility index (Phi) is 4.63. The van der Waals surface area contributed by atoms with E-state index >= 15 is 0 Å². The molecule has 1 atom stereocenters. The van der Waals surface area contributed by atoms with Gasteiger partial charge in [-0.15, -0.1) is 11.3 Å². The second-order valence-corrected chi connectivity index (χ2v) is 7.82. The maximum absolute atomic E-state index is 5.96. The first kappa shape index (κ1) is 16.4. The zero-order chi connectivity index (χ0) is 17.2. The van der Waals surface area contributed by atoms with E-state index in [-0.39, 0.29) is 6.04 Å². The molecule has 0 saturated heterocycles. The minimum absolute atomic E-state index is 0.0756. The predicted molar refractivity (Wildman–Crippen MR) is 104 cm³/mol. The van der Waals surface area contributed by atoms with E-state index in [0.29, 0.717) is 6.54 Å². The van der Waals surface area contributed by atoms with Crippen LogP contribution >= 0.6 is 11.3 Å². The number of nitrogens with zero attached hydrogens (tertiary/aromatic N) is 3. The average molecular weight is 353 g/mol. The highest BCUT2D eigenvalue weighted by Gasteiger charge is 2.20. The number of aryl methyl sites for hydroxylation is 2. The average Bonchev–Trinajstić information content (AvgIpc) is 2.81. The van der Waals surface area contributed by atoms with Crippen LogP contribution in [0.4, 0.5) is 5.82 Å². The largest absolute Gasteiger partial charge is 0.368 e. The minimum atomic E-state index is 0.0756. The van der Waals surface area contributed by atoms with Gasteiger partial charge in [0, 0.05) is 35.4 Å². The number of nitrogens with one attached hydrogen (secondary N) is 1. The van der Waals surface area contributed by atoms with Crippen molar-refractivity contribution in [3.63, 3.8) is 0 Å². The molecule has 0 amide bonds. The maximum atomic E-state index is 5.96. The highest BCUT2D eigenvalue weighted by molar-refractivity contribution is 7.19. The van der Waals surface area contributed by atoms with Gasteiger partial charge in [0.1, 0.15) is 10.6 Å². The molecule has 5 nitrogen and oxygen atoms in total. The third-order valence-corrected chi connectivity index (χ3v) is 5.78. The molecular formula is C19H23N5S. The van der Waals surface area contributed by atoms with Gasteiger partial charge in [-0.2, -0.15) is 0 Å². The van der Waals surface area contributed by atoms with Crippen LogP contribution < -0.4 is 11.1 Å². The van der Waals surface area contributed by atoms with Gasteiger partial charge in [-0.3, -0.25) is 4.98 Å².